The molecule has 1 heterocycles. The molecule has 1 N–H and O–H groups in total. The molecule has 0 saturated carbocycles. The zero-order valence-electron chi connectivity index (χ0n) is 12.6. The summed E-state index contributed by atoms with van der Waals surface area (Å²) in [6, 6.07) is 6.23. The van der Waals surface area contributed by atoms with Gasteiger partial charge in [0, 0.05) is 44.1 Å². The summed E-state index contributed by atoms with van der Waals surface area (Å²) < 4.78 is 5.36. The first-order chi connectivity index (χ1) is 9.63. The first-order valence-corrected chi connectivity index (χ1v) is 7.33. The number of nitrogens with zero attached hydrogens (tertiary/aromatic N) is 1. The third-order valence-corrected chi connectivity index (χ3v) is 3.90. The Balaban J connectivity index is 2.11. The molecule has 0 atom stereocenters. The van der Waals surface area contributed by atoms with Crippen molar-refractivity contribution in [1.29, 1.82) is 0 Å². The van der Waals surface area contributed by atoms with Gasteiger partial charge in [0.1, 0.15) is 0 Å². The van der Waals surface area contributed by atoms with Crippen molar-refractivity contribution < 1.29 is 9.53 Å². The topological polar surface area (TPSA) is 41.6 Å². The van der Waals surface area contributed by atoms with Crippen LogP contribution >= 0.6 is 0 Å². The van der Waals surface area contributed by atoms with Crippen molar-refractivity contribution >= 4 is 11.6 Å². The van der Waals surface area contributed by atoms with Gasteiger partial charge < -0.3 is 15.0 Å². The fourth-order valence-electron chi connectivity index (χ4n) is 2.65. The second-order valence-electron chi connectivity index (χ2n) is 5.32. The van der Waals surface area contributed by atoms with Crippen molar-refractivity contribution in [2.45, 2.75) is 32.7 Å². The number of carbonyl (C=O) groups is 1. The summed E-state index contributed by atoms with van der Waals surface area (Å²) in [7, 11) is 1.90. The van der Waals surface area contributed by atoms with Crippen molar-refractivity contribution in [2.24, 2.45) is 0 Å². The molecule has 1 amide bonds. The largest absolute Gasteiger partial charge is 0.385 e. The van der Waals surface area contributed by atoms with Gasteiger partial charge in [-0.25, -0.2) is 0 Å². The molecule has 1 fully saturated rings. The van der Waals surface area contributed by atoms with E-state index in [2.05, 4.69) is 12.2 Å². The lowest BCUT2D eigenvalue weighted by atomic mass is 10.0. The first-order valence-electron chi connectivity index (χ1n) is 7.33. The van der Waals surface area contributed by atoms with Crippen LogP contribution in [0.4, 0.5) is 5.69 Å². The van der Waals surface area contributed by atoms with Crippen LogP contribution in [0.15, 0.2) is 18.2 Å². The maximum atomic E-state index is 12.6. The van der Waals surface area contributed by atoms with Gasteiger partial charge in [-0.2, -0.15) is 0 Å². The van der Waals surface area contributed by atoms with Crippen LogP contribution in [0.5, 0.6) is 0 Å². The number of carbonyl (C=O) groups excluding carboxylic acids is 1. The van der Waals surface area contributed by atoms with E-state index in [1.54, 1.807) is 0 Å². The van der Waals surface area contributed by atoms with E-state index in [4.69, 9.17) is 4.74 Å². The van der Waals surface area contributed by atoms with Gasteiger partial charge in [-0.1, -0.05) is 0 Å². The van der Waals surface area contributed by atoms with Crippen LogP contribution in [0.1, 0.15) is 35.7 Å². The Bertz CT molecular complexity index is 468. The highest BCUT2D eigenvalue weighted by molar-refractivity contribution is 5.96. The van der Waals surface area contributed by atoms with Crippen molar-refractivity contribution in [3.05, 3.63) is 29.3 Å². The number of aryl methyl sites for hydroxylation is 1. The third-order valence-electron chi connectivity index (χ3n) is 3.90. The van der Waals surface area contributed by atoms with Crippen molar-refractivity contribution in [2.75, 3.05) is 32.1 Å². The van der Waals surface area contributed by atoms with Gasteiger partial charge >= 0.3 is 0 Å². The smallest absolute Gasteiger partial charge is 0.254 e. The number of benzene rings is 1. The molecule has 1 aromatic carbocycles. The molecule has 2 rings (SSSR count). The van der Waals surface area contributed by atoms with E-state index in [9.17, 15) is 4.79 Å². The second-order valence-corrected chi connectivity index (χ2v) is 5.32. The maximum absolute atomic E-state index is 12.6. The summed E-state index contributed by atoms with van der Waals surface area (Å²) >= 11 is 0. The van der Waals surface area contributed by atoms with Gasteiger partial charge in [-0.05, 0) is 50.5 Å². The number of rotatable bonds is 4. The van der Waals surface area contributed by atoms with E-state index in [-0.39, 0.29) is 5.91 Å². The minimum Gasteiger partial charge on any atom is -0.385 e. The number of anilines is 1. The minimum absolute atomic E-state index is 0.109. The Labute approximate surface area is 121 Å². The maximum Gasteiger partial charge on any atom is 0.254 e. The second kappa shape index (κ2) is 6.75. The average molecular weight is 276 g/mol. The Hall–Kier alpha value is -1.55. The fraction of sp³-hybridized carbons (Fsp3) is 0.562. The van der Waals surface area contributed by atoms with E-state index in [0.29, 0.717) is 6.04 Å². The molecule has 4 nitrogen and oxygen atoms in total. The summed E-state index contributed by atoms with van der Waals surface area (Å²) in [5, 5.41) is 3.27. The molecule has 4 heteroatoms. The van der Waals surface area contributed by atoms with Crippen LogP contribution in [0, 0.1) is 6.92 Å². The molecular weight excluding hydrogens is 252 g/mol. The number of amides is 1. The van der Waals surface area contributed by atoms with E-state index in [1.165, 1.54) is 0 Å². The van der Waals surface area contributed by atoms with Crippen molar-refractivity contribution in [1.82, 2.24) is 4.90 Å². The van der Waals surface area contributed by atoms with E-state index >= 15 is 0 Å². The first kappa shape index (κ1) is 14.9. The molecule has 0 spiro atoms. The van der Waals surface area contributed by atoms with Crippen LogP contribution in [0.2, 0.25) is 0 Å². The fourth-order valence-corrected chi connectivity index (χ4v) is 2.65. The van der Waals surface area contributed by atoms with Gasteiger partial charge in [-0.3, -0.25) is 4.79 Å². The average Bonchev–Trinajstić information content (AvgIpc) is 2.47. The van der Waals surface area contributed by atoms with Crippen LogP contribution in [0.3, 0.4) is 0 Å². The summed E-state index contributed by atoms with van der Waals surface area (Å²) in [6.45, 7) is 6.44. The summed E-state index contributed by atoms with van der Waals surface area (Å²) in [5.74, 6) is 0.109. The summed E-state index contributed by atoms with van der Waals surface area (Å²) in [6.07, 6.45) is 1.85. The van der Waals surface area contributed by atoms with E-state index in [0.717, 1.165) is 49.4 Å². The number of hydrogen-bond acceptors (Lipinski definition) is 3. The van der Waals surface area contributed by atoms with Crippen LogP contribution in [0.25, 0.3) is 0 Å². The highest BCUT2D eigenvalue weighted by atomic mass is 16.5. The Kier molecular flexibility index (Phi) is 5.01. The summed E-state index contributed by atoms with van der Waals surface area (Å²) in [4.78, 5) is 14.5. The molecule has 110 valence electrons. The Morgan fingerprint density at radius 1 is 1.40 bits per heavy atom. The van der Waals surface area contributed by atoms with E-state index in [1.807, 2.05) is 37.1 Å². The lowest BCUT2D eigenvalue weighted by molar-refractivity contribution is 0.0361. The lowest BCUT2D eigenvalue weighted by Gasteiger charge is -2.31. The molecule has 1 aromatic rings. The molecule has 0 aromatic heterocycles. The standard InChI is InChI=1S/C16H24N2O2/c1-4-17-13-5-6-15(12(2)11-13)16(19)18(3)14-7-9-20-10-8-14/h5-6,11,14,17H,4,7-10H2,1-3H3. The molecule has 1 aliphatic rings. The van der Waals surface area contributed by atoms with Gasteiger partial charge in [0.05, 0.1) is 0 Å². The number of ether oxygens (including phenoxy) is 1. The van der Waals surface area contributed by atoms with E-state index < -0.39 is 0 Å². The highest BCUT2D eigenvalue weighted by Crippen LogP contribution is 2.20. The zero-order valence-corrected chi connectivity index (χ0v) is 12.6. The third kappa shape index (κ3) is 3.31. The van der Waals surface area contributed by atoms with Gasteiger partial charge in [0.25, 0.3) is 5.91 Å². The lowest BCUT2D eigenvalue weighted by Crippen LogP contribution is -2.40. The molecule has 20 heavy (non-hydrogen) atoms. The molecule has 0 aliphatic carbocycles. The Morgan fingerprint density at radius 2 is 2.10 bits per heavy atom. The van der Waals surface area contributed by atoms with Crippen molar-refractivity contribution in [3.63, 3.8) is 0 Å². The molecule has 0 radical (unpaired) electrons. The monoisotopic (exact) mass is 276 g/mol. The number of nitrogens with one attached hydrogen (secondary N) is 1. The quantitative estimate of drug-likeness (QED) is 0.919. The highest BCUT2D eigenvalue weighted by Gasteiger charge is 2.24. The van der Waals surface area contributed by atoms with Gasteiger partial charge in [0.2, 0.25) is 0 Å². The van der Waals surface area contributed by atoms with Crippen LogP contribution < -0.4 is 5.32 Å². The van der Waals surface area contributed by atoms with Crippen LogP contribution in [-0.4, -0.2) is 43.7 Å². The number of hydrogen-bond donors (Lipinski definition) is 1. The SMILES string of the molecule is CCNc1ccc(C(=O)N(C)C2CCOCC2)c(C)c1. The molecule has 1 aliphatic heterocycles. The van der Waals surface area contributed by atoms with Gasteiger partial charge in [-0.15, -0.1) is 0 Å². The minimum atomic E-state index is 0.109. The molecule has 0 unspecified atom stereocenters. The zero-order chi connectivity index (χ0) is 14.5. The van der Waals surface area contributed by atoms with Gasteiger partial charge in [0.15, 0.2) is 0 Å². The summed E-state index contributed by atoms with van der Waals surface area (Å²) in [5.41, 5.74) is 2.88. The molecular formula is C16H24N2O2. The van der Waals surface area contributed by atoms with Crippen LogP contribution in [-0.2, 0) is 4.74 Å². The molecule has 1 saturated heterocycles. The predicted octanol–water partition coefficient (Wildman–Crippen LogP) is 2.68. The normalized spacial score (nSPS) is 15.9. The van der Waals surface area contributed by atoms with Crippen molar-refractivity contribution in [3.8, 4) is 0 Å². The molecule has 0 bridgehead atoms. The Morgan fingerprint density at radius 3 is 2.70 bits per heavy atom. The predicted molar refractivity (Wildman–Crippen MR) is 81.3 cm³/mol.